The average Bonchev–Trinajstić information content (AvgIpc) is 3.67. The lowest BCUT2D eigenvalue weighted by molar-refractivity contribution is -0.127. The van der Waals surface area contributed by atoms with Gasteiger partial charge in [-0.25, -0.2) is 4.39 Å². The quantitative estimate of drug-likeness (QED) is 0.268. The van der Waals surface area contributed by atoms with Gasteiger partial charge in [-0.15, -0.1) is 0 Å². The Balaban J connectivity index is 1.43. The fourth-order valence-electron chi connectivity index (χ4n) is 6.01. The number of hydrogen-bond acceptors (Lipinski definition) is 8. The standard InChI is InChI=1S/C32H42FN3O5/c1-7-40-26-13-22(21(14-34)27(33)29(26)41-8-2)32(9-10-32)35-15-25(37)20-11-23(30(3,4)5)28(38-6)24(12-20)36-16-31(17-36)18-39-19-31/h11-14,34-35H,7-10,15-19H2,1-6H3. The molecule has 2 aromatic carbocycles. The number of ketones is 1. The molecule has 2 aromatic rings. The Morgan fingerprint density at radius 1 is 1.12 bits per heavy atom. The number of nitrogens with zero attached hydrogens (tertiary/aromatic N) is 1. The van der Waals surface area contributed by atoms with E-state index in [-0.39, 0.29) is 41.1 Å². The normalized spacial score (nSPS) is 18.4. The van der Waals surface area contributed by atoms with Crippen LogP contribution in [0.3, 0.4) is 0 Å². The SMILES string of the molecule is CCOc1cc(C2(NCC(=O)c3cc(N4CC5(COC5)C4)c(OC)c(C(C)(C)C)c3)CC2)c(C=N)c(F)c1OCC. The van der Waals surface area contributed by atoms with Crippen molar-refractivity contribution in [3.8, 4) is 17.2 Å². The van der Waals surface area contributed by atoms with E-state index in [1.807, 2.05) is 19.1 Å². The van der Waals surface area contributed by atoms with Gasteiger partial charge in [0.1, 0.15) is 5.75 Å². The molecule has 0 unspecified atom stereocenters. The first-order valence-corrected chi connectivity index (χ1v) is 14.5. The summed E-state index contributed by atoms with van der Waals surface area (Å²) in [5, 5.41) is 11.4. The summed E-state index contributed by atoms with van der Waals surface area (Å²) >= 11 is 0. The van der Waals surface area contributed by atoms with Crippen molar-refractivity contribution in [2.45, 2.75) is 58.4 Å². The third kappa shape index (κ3) is 5.30. The highest BCUT2D eigenvalue weighted by molar-refractivity contribution is 5.99. The first-order chi connectivity index (χ1) is 19.5. The van der Waals surface area contributed by atoms with Crippen LogP contribution in [0.4, 0.5) is 10.1 Å². The molecular weight excluding hydrogens is 525 g/mol. The van der Waals surface area contributed by atoms with Gasteiger partial charge in [-0.05, 0) is 55.9 Å². The number of rotatable bonds is 12. The van der Waals surface area contributed by atoms with Gasteiger partial charge in [-0.2, -0.15) is 0 Å². The molecule has 2 aliphatic heterocycles. The van der Waals surface area contributed by atoms with Crippen molar-refractivity contribution in [3.63, 3.8) is 0 Å². The Bertz CT molecular complexity index is 1340. The summed E-state index contributed by atoms with van der Waals surface area (Å²) in [5.41, 5.74) is 2.66. The molecular formula is C32H42FN3O5. The Morgan fingerprint density at radius 2 is 1.80 bits per heavy atom. The minimum atomic E-state index is -0.615. The lowest BCUT2D eigenvalue weighted by Gasteiger charge is -2.56. The van der Waals surface area contributed by atoms with E-state index in [4.69, 9.17) is 24.4 Å². The molecule has 1 aliphatic carbocycles. The summed E-state index contributed by atoms with van der Waals surface area (Å²) in [7, 11) is 1.68. The highest BCUT2D eigenvalue weighted by Gasteiger charge is 2.50. The predicted molar refractivity (Wildman–Crippen MR) is 157 cm³/mol. The third-order valence-corrected chi connectivity index (χ3v) is 8.42. The van der Waals surface area contributed by atoms with Gasteiger partial charge >= 0.3 is 0 Å². The molecule has 1 saturated carbocycles. The molecule has 41 heavy (non-hydrogen) atoms. The number of methoxy groups -OCH3 is 1. The molecule has 9 heteroatoms. The average molecular weight is 568 g/mol. The minimum absolute atomic E-state index is 0.0187. The number of benzene rings is 2. The molecule has 3 fully saturated rings. The van der Waals surface area contributed by atoms with Crippen LogP contribution in [0.2, 0.25) is 0 Å². The number of Topliss-reactive ketones (excluding diaryl/α,β-unsaturated/α-hetero) is 1. The maximum Gasteiger partial charge on any atom is 0.197 e. The number of ether oxygens (including phenoxy) is 4. The van der Waals surface area contributed by atoms with Gasteiger partial charge in [0.05, 0.1) is 51.2 Å². The van der Waals surface area contributed by atoms with Crippen molar-refractivity contribution in [1.29, 1.82) is 5.41 Å². The predicted octanol–water partition coefficient (Wildman–Crippen LogP) is 5.23. The zero-order chi connectivity index (χ0) is 29.6. The summed E-state index contributed by atoms with van der Waals surface area (Å²) in [6, 6.07) is 5.65. The molecule has 2 heterocycles. The van der Waals surface area contributed by atoms with E-state index in [0.717, 1.165) is 62.4 Å². The maximum atomic E-state index is 15.5. The van der Waals surface area contributed by atoms with Crippen LogP contribution in [0.25, 0.3) is 0 Å². The number of carbonyl (C=O) groups is 1. The first kappa shape index (κ1) is 29.3. The topological polar surface area (TPSA) is 93.1 Å². The smallest absolute Gasteiger partial charge is 0.197 e. The number of anilines is 1. The van der Waals surface area contributed by atoms with Crippen LogP contribution in [0.15, 0.2) is 18.2 Å². The van der Waals surface area contributed by atoms with Crippen molar-refractivity contribution >= 4 is 17.7 Å². The molecule has 8 nitrogen and oxygen atoms in total. The van der Waals surface area contributed by atoms with E-state index in [0.29, 0.717) is 23.5 Å². The van der Waals surface area contributed by atoms with Crippen molar-refractivity contribution in [3.05, 3.63) is 46.3 Å². The summed E-state index contributed by atoms with van der Waals surface area (Å²) in [4.78, 5) is 16.0. The molecule has 222 valence electrons. The first-order valence-electron chi connectivity index (χ1n) is 14.5. The summed E-state index contributed by atoms with van der Waals surface area (Å²) in [6.07, 6.45) is 2.46. The summed E-state index contributed by atoms with van der Waals surface area (Å²) in [5.74, 6) is 0.470. The van der Waals surface area contributed by atoms with Crippen molar-refractivity contribution in [1.82, 2.24) is 5.32 Å². The van der Waals surface area contributed by atoms with Gasteiger partial charge in [0.25, 0.3) is 0 Å². The van der Waals surface area contributed by atoms with Crippen LogP contribution >= 0.6 is 0 Å². The van der Waals surface area contributed by atoms with E-state index >= 15 is 4.39 Å². The van der Waals surface area contributed by atoms with Gasteiger partial charge in [0.15, 0.2) is 23.1 Å². The van der Waals surface area contributed by atoms with E-state index in [9.17, 15) is 4.79 Å². The van der Waals surface area contributed by atoms with E-state index < -0.39 is 11.4 Å². The van der Waals surface area contributed by atoms with Crippen LogP contribution in [-0.2, 0) is 15.7 Å². The van der Waals surface area contributed by atoms with Gasteiger partial charge in [0, 0.05) is 41.5 Å². The Labute approximate surface area is 242 Å². The fourth-order valence-corrected chi connectivity index (χ4v) is 6.01. The van der Waals surface area contributed by atoms with Gasteiger partial charge in [0.2, 0.25) is 0 Å². The minimum Gasteiger partial charge on any atom is -0.494 e. The molecule has 0 atom stereocenters. The van der Waals surface area contributed by atoms with Crippen LogP contribution in [0, 0.1) is 16.6 Å². The molecule has 0 bridgehead atoms. The molecule has 0 amide bonds. The largest absolute Gasteiger partial charge is 0.494 e. The highest BCUT2D eigenvalue weighted by atomic mass is 19.1. The molecule has 2 saturated heterocycles. The van der Waals surface area contributed by atoms with Gasteiger partial charge in [-0.3, -0.25) is 4.79 Å². The lowest BCUT2D eigenvalue weighted by Crippen LogP contribution is -2.66. The number of hydrogen-bond donors (Lipinski definition) is 2. The van der Waals surface area contributed by atoms with Crippen LogP contribution in [0.5, 0.6) is 17.2 Å². The second-order valence-electron chi connectivity index (χ2n) is 12.5. The van der Waals surface area contributed by atoms with E-state index in [2.05, 4.69) is 31.0 Å². The molecule has 0 radical (unpaired) electrons. The third-order valence-electron chi connectivity index (χ3n) is 8.42. The Kier molecular flexibility index (Phi) is 7.80. The monoisotopic (exact) mass is 567 g/mol. The Hall–Kier alpha value is -3.17. The van der Waals surface area contributed by atoms with Gasteiger partial charge < -0.3 is 34.6 Å². The van der Waals surface area contributed by atoms with Crippen LogP contribution in [-0.4, -0.2) is 65.2 Å². The van der Waals surface area contributed by atoms with Crippen LogP contribution in [0.1, 0.15) is 74.5 Å². The van der Waals surface area contributed by atoms with Gasteiger partial charge in [-0.1, -0.05) is 20.8 Å². The molecule has 5 rings (SSSR count). The number of nitrogens with one attached hydrogen (secondary N) is 2. The van der Waals surface area contributed by atoms with Crippen molar-refractivity contribution in [2.24, 2.45) is 5.41 Å². The summed E-state index contributed by atoms with van der Waals surface area (Å²) < 4.78 is 38.1. The lowest BCUT2D eigenvalue weighted by atomic mass is 9.77. The highest BCUT2D eigenvalue weighted by Crippen LogP contribution is 2.50. The van der Waals surface area contributed by atoms with E-state index in [1.165, 1.54) is 0 Å². The second-order valence-corrected chi connectivity index (χ2v) is 12.5. The van der Waals surface area contributed by atoms with Crippen molar-refractivity contribution < 1.29 is 28.1 Å². The Morgan fingerprint density at radius 3 is 2.32 bits per heavy atom. The molecule has 3 aliphatic rings. The number of carbonyl (C=O) groups excluding carboxylic acids is 1. The van der Waals surface area contributed by atoms with Crippen molar-refractivity contribution in [2.75, 3.05) is 58.1 Å². The maximum absolute atomic E-state index is 15.5. The van der Waals surface area contributed by atoms with Crippen LogP contribution < -0.4 is 24.4 Å². The summed E-state index contributed by atoms with van der Waals surface area (Å²) in [6.45, 7) is 14.0. The second kappa shape index (κ2) is 10.9. The van der Waals surface area contributed by atoms with E-state index in [1.54, 1.807) is 20.1 Å². The number of halogens is 1. The molecule has 1 spiro atoms. The fraction of sp³-hybridized carbons (Fsp3) is 0.562. The zero-order valence-corrected chi connectivity index (χ0v) is 25.0. The molecule has 0 aromatic heterocycles. The zero-order valence-electron chi connectivity index (χ0n) is 25.0. The molecule has 2 N–H and O–H groups in total.